The molecule has 6 nitrogen and oxygen atoms in total. The van der Waals surface area contributed by atoms with E-state index >= 15 is 0 Å². The molecular weight excluding hydrogens is 298 g/mol. The van der Waals surface area contributed by atoms with E-state index in [4.69, 9.17) is 4.74 Å². The monoisotopic (exact) mass is 311 g/mol. The maximum atomic E-state index is 13.1. The van der Waals surface area contributed by atoms with E-state index in [1.54, 1.807) is 0 Å². The first kappa shape index (κ1) is 13.1. The van der Waals surface area contributed by atoms with Gasteiger partial charge in [-0.15, -0.1) is 0 Å². The van der Waals surface area contributed by atoms with Gasteiger partial charge in [0.05, 0.1) is 4.92 Å². The summed E-state index contributed by atoms with van der Waals surface area (Å²) >= 11 is 0. The second-order valence-corrected chi connectivity index (χ2v) is 6.80. The van der Waals surface area contributed by atoms with Crippen molar-refractivity contribution in [2.45, 2.75) is 18.1 Å². The highest BCUT2D eigenvalue weighted by atomic mass is 16.6. The van der Waals surface area contributed by atoms with Crippen molar-refractivity contribution in [3.05, 3.63) is 52.1 Å². The molecule has 23 heavy (non-hydrogen) atoms. The number of nitro groups is 1. The van der Waals surface area contributed by atoms with Gasteiger partial charge in [-0.25, -0.2) is 0 Å². The van der Waals surface area contributed by atoms with Crippen LogP contribution in [-0.2, 0) is 19.9 Å². The molecule has 1 aromatic rings. The van der Waals surface area contributed by atoms with Crippen LogP contribution in [0.15, 0.2) is 36.4 Å². The smallest absolute Gasteiger partial charge is 0.269 e. The highest BCUT2D eigenvalue weighted by molar-refractivity contribution is 6.10. The van der Waals surface area contributed by atoms with Crippen molar-refractivity contribution >= 4 is 17.3 Å². The van der Waals surface area contributed by atoms with Gasteiger partial charge in [-0.1, -0.05) is 12.2 Å². The first-order chi connectivity index (χ1) is 11.0. The van der Waals surface area contributed by atoms with E-state index in [0.717, 1.165) is 6.42 Å². The van der Waals surface area contributed by atoms with Crippen molar-refractivity contribution in [2.75, 3.05) is 0 Å². The van der Waals surface area contributed by atoms with Crippen LogP contribution in [0.25, 0.3) is 0 Å². The van der Waals surface area contributed by atoms with Gasteiger partial charge in [0.25, 0.3) is 5.69 Å². The van der Waals surface area contributed by atoms with Crippen molar-refractivity contribution in [3.63, 3.8) is 0 Å². The van der Waals surface area contributed by atoms with E-state index in [2.05, 4.69) is 6.08 Å². The molecule has 0 spiro atoms. The largest absolute Gasteiger partial charge is 0.344 e. The van der Waals surface area contributed by atoms with E-state index in [1.807, 2.05) is 6.08 Å². The van der Waals surface area contributed by atoms with Crippen LogP contribution in [0.5, 0.6) is 0 Å². The SMILES string of the molecule is O=C1[C@H]2[C@@H](C(=O)[C@]3(c4ccc([N+](=O)[O-])cc4)O[C@@H]13)[C@H]1C=C[C@H]2C1. The zero-order chi connectivity index (χ0) is 15.9. The Morgan fingerprint density at radius 2 is 1.74 bits per heavy atom. The summed E-state index contributed by atoms with van der Waals surface area (Å²) in [7, 11) is 0. The quantitative estimate of drug-likeness (QED) is 0.359. The number of carbonyl (C=O) groups is 2. The number of ketones is 2. The fourth-order valence-corrected chi connectivity index (χ4v) is 4.78. The Kier molecular flexibility index (Phi) is 2.25. The molecule has 3 fully saturated rings. The Balaban J connectivity index is 1.57. The molecule has 4 aliphatic rings. The molecule has 2 bridgehead atoms. The standard InChI is InChI=1S/C17H13NO5/c19-14-12-8-1-2-9(7-8)13(12)15(20)17(16(14)23-17)10-3-5-11(6-4-10)18(21)22/h1-6,8-9,12-13,16H,7H2/t8-,9-,12+,13-,16-,17-/m0/s1. The number of Topliss-reactive ketones (excluding diaryl/α,β-unsaturated/α-hetero) is 2. The van der Waals surface area contributed by atoms with E-state index in [1.165, 1.54) is 24.3 Å². The summed E-state index contributed by atoms with van der Waals surface area (Å²) in [5, 5.41) is 10.8. The number of nitrogens with zero attached hydrogens (tertiary/aromatic N) is 1. The van der Waals surface area contributed by atoms with Gasteiger partial charge in [-0.2, -0.15) is 0 Å². The third kappa shape index (κ3) is 1.42. The van der Waals surface area contributed by atoms with E-state index in [0.29, 0.717) is 5.56 Å². The molecule has 1 heterocycles. The Bertz CT molecular complexity index is 798. The van der Waals surface area contributed by atoms with Crippen molar-refractivity contribution in [1.82, 2.24) is 0 Å². The summed E-state index contributed by atoms with van der Waals surface area (Å²) in [4.78, 5) is 36.1. The fraction of sp³-hybridized carbons (Fsp3) is 0.412. The zero-order valence-electron chi connectivity index (χ0n) is 12.0. The third-order valence-electron chi connectivity index (χ3n) is 5.84. The maximum Gasteiger partial charge on any atom is 0.269 e. The van der Waals surface area contributed by atoms with E-state index in [-0.39, 0.29) is 40.9 Å². The van der Waals surface area contributed by atoms with Gasteiger partial charge >= 0.3 is 0 Å². The van der Waals surface area contributed by atoms with Crippen LogP contribution in [0, 0.1) is 33.8 Å². The summed E-state index contributed by atoms with van der Waals surface area (Å²) in [5.74, 6) is -0.257. The molecule has 1 aromatic carbocycles. The van der Waals surface area contributed by atoms with Crippen LogP contribution in [0.4, 0.5) is 5.69 Å². The summed E-state index contributed by atoms with van der Waals surface area (Å²) in [6.07, 6.45) is 4.25. The van der Waals surface area contributed by atoms with Gasteiger partial charge in [0.15, 0.2) is 23.3 Å². The van der Waals surface area contributed by atoms with Gasteiger partial charge in [0.2, 0.25) is 0 Å². The fourth-order valence-electron chi connectivity index (χ4n) is 4.78. The van der Waals surface area contributed by atoms with Gasteiger partial charge in [-0.05, 0) is 36.0 Å². The lowest BCUT2D eigenvalue weighted by Gasteiger charge is -2.31. The van der Waals surface area contributed by atoms with Crippen LogP contribution in [-0.4, -0.2) is 22.6 Å². The molecule has 1 aliphatic heterocycles. The number of epoxide rings is 1. The van der Waals surface area contributed by atoms with Crippen LogP contribution >= 0.6 is 0 Å². The third-order valence-corrected chi connectivity index (χ3v) is 5.84. The molecule has 6 heteroatoms. The second-order valence-electron chi connectivity index (χ2n) is 6.80. The minimum atomic E-state index is -1.20. The molecule has 0 amide bonds. The van der Waals surface area contributed by atoms with Crippen LogP contribution in [0.2, 0.25) is 0 Å². The Morgan fingerprint density at radius 3 is 2.39 bits per heavy atom. The minimum absolute atomic E-state index is 0.0183. The lowest BCUT2D eigenvalue weighted by Crippen LogP contribution is -2.47. The molecule has 0 aromatic heterocycles. The second kappa shape index (κ2) is 3.94. The number of rotatable bonds is 2. The number of fused-ring (bicyclic) bond motifs is 6. The number of non-ortho nitro benzene ring substituents is 1. The molecule has 3 aliphatic carbocycles. The molecule has 0 unspecified atom stereocenters. The minimum Gasteiger partial charge on any atom is -0.344 e. The zero-order valence-corrected chi connectivity index (χ0v) is 12.0. The molecule has 5 rings (SSSR count). The summed E-state index contributed by atoms with van der Waals surface area (Å²) in [6, 6.07) is 5.78. The molecule has 1 saturated heterocycles. The summed E-state index contributed by atoms with van der Waals surface area (Å²) < 4.78 is 5.64. The number of allylic oxidation sites excluding steroid dienone is 2. The molecular formula is C17H13NO5. The highest BCUT2D eigenvalue weighted by Gasteiger charge is 2.75. The molecule has 0 N–H and O–H groups in total. The predicted molar refractivity (Wildman–Crippen MR) is 77.4 cm³/mol. The normalized spacial score (nSPS) is 42.5. The maximum absolute atomic E-state index is 13.1. The molecule has 0 radical (unpaired) electrons. The molecule has 116 valence electrons. The number of nitro benzene ring substituents is 1. The Labute approximate surface area is 131 Å². The number of hydrogen-bond donors (Lipinski definition) is 0. The first-order valence-corrected chi connectivity index (χ1v) is 7.73. The van der Waals surface area contributed by atoms with Gasteiger partial charge in [0.1, 0.15) is 0 Å². The lowest BCUT2D eigenvalue weighted by molar-refractivity contribution is -0.384. The van der Waals surface area contributed by atoms with Crippen LogP contribution in [0.3, 0.4) is 0 Å². The number of ether oxygens (including phenoxy) is 1. The van der Waals surface area contributed by atoms with E-state index in [9.17, 15) is 19.7 Å². The van der Waals surface area contributed by atoms with Crippen molar-refractivity contribution in [2.24, 2.45) is 23.7 Å². The predicted octanol–water partition coefficient (Wildman–Crippen LogP) is 1.78. The van der Waals surface area contributed by atoms with Gasteiger partial charge < -0.3 is 4.74 Å². The summed E-state index contributed by atoms with van der Waals surface area (Å²) in [5.41, 5.74) is -0.694. The lowest BCUT2D eigenvalue weighted by atomic mass is 9.66. The number of hydrogen-bond acceptors (Lipinski definition) is 5. The van der Waals surface area contributed by atoms with Crippen molar-refractivity contribution in [3.8, 4) is 0 Å². The van der Waals surface area contributed by atoms with Crippen molar-refractivity contribution < 1.29 is 19.2 Å². The van der Waals surface area contributed by atoms with Gasteiger partial charge in [0, 0.05) is 24.0 Å². The topological polar surface area (TPSA) is 89.8 Å². The average Bonchev–Trinajstić information content (AvgIpc) is 3.00. The molecule has 2 saturated carbocycles. The Hall–Kier alpha value is -2.34. The van der Waals surface area contributed by atoms with Crippen LogP contribution in [0.1, 0.15) is 12.0 Å². The van der Waals surface area contributed by atoms with Crippen LogP contribution < -0.4 is 0 Å². The number of benzene rings is 1. The number of carbonyl (C=O) groups excluding carboxylic acids is 2. The summed E-state index contributed by atoms with van der Waals surface area (Å²) in [6.45, 7) is 0. The first-order valence-electron chi connectivity index (χ1n) is 7.73. The Morgan fingerprint density at radius 1 is 1.09 bits per heavy atom. The molecule has 6 atom stereocenters. The average molecular weight is 311 g/mol. The van der Waals surface area contributed by atoms with E-state index < -0.39 is 16.6 Å². The van der Waals surface area contributed by atoms with Gasteiger partial charge in [-0.3, -0.25) is 19.7 Å². The highest BCUT2D eigenvalue weighted by Crippen LogP contribution is 2.62. The van der Waals surface area contributed by atoms with Crippen molar-refractivity contribution in [1.29, 1.82) is 0 Å².